The average molecular weight is 362 g/mol. The first-order valence-corrected chi connectivity index (χ1v) is 9.62. The van der Waals surface area contributed by atoms with E-state index < -0.39 is 0 Å². The van der Waals surface area contributed by atoms with E-state index in [2.05, 4.69) is 32.9 Å². The van der Waals surface area contributed by atoms with Crippen LogP contribution in [0.4, 0.5) is 0 Å². The summed E-state index contributed by atoms with van der Waals surface area (Å²) in [6.45, 7) is 7.93. The van der Waals surface area contributed by atoms with Crippen molar-refractivity contribution in [1.29, 1.82) is 0 Å². The number of hydrogen-bond donors (Lipinski definition) is 0. The van der Waals surface area contributed by atoms with Crippen molar-refractivity contribution in [3.05, 3.63) is 70.8 Å². The molecule has 0 bridgehead atoms. The summed E-state index contributed by atoms with van der Waals surface area (Å²) in [4.78, 5) is 29.4. The van der Waals surface area contributed by atoms with Crippen LogP contribution in [0, 0.1) is 0 Å². The maximum absolute atomic E-state index is 13.0. The minimum atomic E-state index is -0.0634. The van der Waals surface area contributed by atoms with Crippen LogP contribution in [0.1, 0.15) is 53.9 Å². The summed E-state index contributed by atoms with van der Waals surface area (Å²) in [6.07, 6.45) is 0.890. The van der Waals surface area contributed by atoms with Gasteiger partial charge in [0.05, 0.1) is 6.04 Å². The summed E-state index contributed by atoms with van der Waals surface area (Å²) in [5.74, 6) is -0.0214. The first kappa shape index (κ1) is 17.8. The zero-order valence-corrected chi connectivity index (χ0v) is 16.2. The van der Waals surface area contributed by atoms with E-state index in [1.54, 1.807) is 4.90 Å². The lowest BCUT2D eigenvalue weighted by atomic mass is 9.86. The highest BCUT2D eigenvalue weighted by molar-refractivity contribution is 5.97. The minimum Gasteiger partial charge on any atom is -0.332 e. The van der Waals surface area contributed by atoms with E-state index in [-0.39, 0.29) is 29.8 Å². The van der Waals surface area contributed by atoms with Crippen LogP contribution in [-0.4, -0.2) is 41.2 Å². The Hall–Kier alpha value is -2.62. The molecule has 4 nitrogen and oxygen atoms in total. The molecule has 0 spiro atoms. The smallest absolute Gasteiger partial charge is 0.254 e. The van der Waals surface area contributed by atoms with Gasteiger partial charge in [-0.25, -0.2) is 0 Å². The molecule has 0 unspecified atom stereocenters. The Balaban J connectivity index is 1.58. The summed E-state index contributed by atoms with van der Waals surface area (Å²) in [6, 6.07) is 16.0. The topological polar surface area (TPSA) is 40.6 Å². The van der Waals surface area contributed by atoms with E-state index in [9.17, 15) is 9.59 Å². The van der Waals surface area contributed by atoms with Crippen LogP contribution in [-0.2, 0) is 16.6 Å². The van der Waals surface area contributed by atoms with Gasteiger partial charge in [-0.3, -0.25) is 9.59 Å². The standard InChI is InChI=1S/C23H26N2O2/c1-23(2,3)18-10-8-17(9-11-18)22(27)24-14-20-19-7-5-4-6-16(19)12-13-25(20)21(26)15-24/h4-11,20H,12-15H2,1-3H3/t20-/m0/s1. The van der Waals surface area contributed by atoms with Crippen LogP contribution in [0.3, 0.4) is 0 Å². The predicted octanol–water partition coefficient (Wildman–Crippen LogP) is 3.57. The van der Waals surface area contributed by atoms with Gasteiger partial charge in [0.1, 0.15) is 6.54 Å². The Bertz CT molecular complexity index is 880. The number of hydrogen-bond acceptors (Lipinski definition) is 2. The zero-order chi connectivity index (χ0) is 19.2. The van der Waals surface area contributed by atoms with E-state index >= 15 is 0 Å². The van der Waals surface area contributed by atoms with Crippen molar-refractivity contribution in [2.75, 3.05) is 19.6 Å². The van der Waals surface area contributed by atoms with E-state index in [0.29, 0.717) is 12.1 Å². The number of carbonyl (C=O) groups is 2. The fourth-order valence-corrected chi connectivity index (χ4v) is 4.12. The molecule has 2 aliphatic rings. The monoisotopic (exact) mass is 362 g/mol. The van der Waals surface area contributed by atoms with Crippen molar-refractivity contribution in [2.24, 2.45) is 0 Å². The van der Waals surface area contributed by atoms with Crippen molar-refractivity contribution in [3.63, 3.8) is 0 Å². The van der Waals surface area contributed by atoms with E-state index in [0.717, 1.165) is 13.0 Å². The highest BCUT2D eigenvalue weighted by Crippen LogP contribution is 2.33. The number of fused-ring (bicyclic) bond motifs is 3. The summed E-state index contributed by atoms with van der Waals surface area (Å²) < 4.78 is 0. The lowest BCUT2D eigenvalue weighted by molar-refractivity contribution is -0.139. The van der Waals surface area contributed by atoms with Crippen LogP contribution < -0.4 is 0 Å². The van der Waals surface area contributed by atoms with Crippen LogP contribution >= 0.6 is 0 Å². The van der Waals surface area contributed by atoms with E-state index in [1.807, 2.05) is 41.3 Å². The summed E-state index contributed by atoms with van der Waals surface area (Å²) in [7, 11) is 0. The van der Waals surface area contributed by atoms with Crippen molar-refractivity contribution < 1.29 is 9.59 Å². The Kier molecular flexibility index (Phi) is 4.29. The molecule has 2 aliphatic heterocycles. The molecule has 0 aliphatic carbocycles. The van der Waals surface area contributed by atoms with Crippen LogP contribution in [0.15, 0.2) is 48.5 Å². The Morgan fingerprint density at radius 2 is 1.74 bits per heavy atom. The highest BCUT2D eigenvalue weighted by atomic mass is 16.2. The fraction of sp³-hybridized carbons (Fsp3) is 0.391. The molecule has 2 aromatic carbocycles. The van der Waals surface area contributed by atoms with Gasteiger partial charge in [-0.1, -0.05) is 57.2 Å². The quantitative estimate of drug-likeness (QED) is 0.778. The molecule has 2 amide bonds. The lowest BCUT2D eigenvalue weighted by Crippen LogP contribution is -2.55. The van der Waals surface area contributed by atoms with Crippen LogP contribution in [0.25, 0.3) is 0 Å². The number of amides is 2. The van der Waals surface area contributed by atoms with E-state index in [1.165, 1.54) is 16.7 Å². The van der Waals surface area contributed by atoms with Gasteiger partial charge in [0.2, 0.25) is 5.91 Å². The van der Waals surface area contributed by atoms with Gasteiger partial charge < -0.3 is 9.80 Å². The molecule has 27 heavy (non-hydrogen) atoms. The molecule has 1 saturated heterocycles. The van der Waals surface area contributed by atoms with Crippen molar-refractivity contribution in [2.45, 2.75) is 38.6 Å². The second kappa shape index (κ2) is 6.52. The maximum atomic E-state index is 13.0. The molecular weight excluding hydrogens is 336 g/mol. The molecule has 0 N–H and O–H groups in total. The normalized spacial score (nSPS) is 19.5. The van der Waals surface area contributed by atoms with Gasteiger partial charge >= 0.3 is 0 Å². The maximum Gasteiger partial charge on any atom is 0.254 e. The molecule has 140 valence electrons. The first-order valence-electron chi connectivity index (χ1n) is 9.62. The average Bonchev–Trinajstić information content (AvgIpc) is 2.66. The van der Waals surface area contributed by atoms with Crippen molar-refractivity contribution in [1.82, 2.24) is 9.80 Å². The second-order valence-corrected chi connectivity index (χ2v) is 8.56. The van der Waals surface area contributed by atoms with Gasteiger partial charge in [-0.2, -0.15) is 0 Å². The number of rotatable bonds is 1. The molecule has 2 aromatic rings. The first-order chi connectivity index (χ1) is 12.8. The zero-order valence-electron chi connectivity index (χ0n) is 16.2. The predicted molar refractivity (Wildman–Crippen MR) is 106 cm³/mol. The van der Waals surface area contributed by atoms with Gasteiger partial charge in [0.25, 0.3) is 5.91 Å². The Morgan fingerprint density at radius 3 is 2.44 bits per heavy atom. The molecule has 4 rings (SSSR count). The number of piperazine rings is 1. The second-order valence-electron chi connectivity index (χ2n) is 8.56. The van der Waals surface area contributed by atoms with Gasteiger partial charge in [0, 0.05) is 18.7 Å². The largest absolute Gasteiger partial charge is 0.332 e. The molecule has 1 fully saturated rings. The fourth-order valence-electron chi connectivity index (χ4n) is 4.12. The van der Waals surface area contributed by atoms with Gasteiger partial charge in [-0.05, 0) is 40.7 Å². The molecule has 0 aromatic heterocycles. The molecule has 4 heteroatoms. The summed E-state index contributed by atoms with van der Waals surface area (Å²) in [5.41, 5.74) is 4.36. The summed E-state index contributed by atoms with van der Waals surface area (Å²) in [5, 5.41) is 0. The van der Waals surface area contributed by atoms with Crippen LogP contribution in [0.5, 0.6) is 0 Å². The van der Waals surface area contributed by atoms with E-state index in [4.69, 9.17) is 0 Å². The highest BCUT2D eigenvalue weighted by Gasteiger charge is 2.38. The summed E-state index contributed by atoms with van der Waals surface area (Å²) >= 11 is 0. The van der Waals surface area contributed by atoms with Gasteiger partial charge in [0.15, 0.2) is 0 Å². The minimum absolute atomic E-state index is 0.0333. The number of benzene rings is 2. The molecule has 0 saturated carbocycles. The Labute approximate surface area is 160 Å². The third kappa shape index (κ3) is 3.25. The Morgan fingerprint density at radius 1 is 1.04 bits per heavy atom. The SMILES string of the molecule is CC(C)(C)c1ccc(C(=O)N2CC(=O)N3CCc4ccccc4[C@@H]3C2)cc1. The van der Waals surface area contributed by atoms with Crippen molar-refractivity contribution in [3.8, 4) is 0 Å². The van der Waals surface area contributed by atoms with Crippen LogP contribution in [0.2, 0.25) is 0 Å². The third-order valence-corrected chi connectivity index (χ3v) is 5.74. The number of carbonyl (C=O) groups excluding carboxylic acids is 2. The molecule has 2 heterocycles. The lowest BCUT2D eigenvalue weighted by Gasteiger charge is -2.44. The molecule has 0 radical (unpaired) electrons. The van der Waals surface area contributed by atoms with Gasteiger partial charge in [-0.15, -0.1) is 0 Å². The number of nitrogens with zero attached hydrogens (tertiary/aromatic N) is 2. The van der Waals surface area contributed by atoms with Crippen molar-refractivity contribution >= 4 is 11.8 Å². The third-order valence-electron chi connectivity index (χ3n) is 5.74. The molecular formula is C23H26N2O2. The molecule has 1 atom stereocenters.